The summed E-state index contributed by atoms with van der Waals surface area (Å²) in [5, 5.41) is 13.8. The molecule has 1 amide bonds. The predicted molar refractivity (Wildman–Crippen MR) is 122 cm³/mol. The van der Waals surface area contributed by atoms with Gasteiger partial charge in [-0.05, 0) is 42.9 Å². The summed E-state index contributed by atoms with van der Waals surface area (Å²) in [4.78, 5) is 17.9. The first-order valence-corrected chi connectivity index (χ1v) is 11.3. The lowest BCUT2D eigenvalue weighted by Gasteiger charge is -2.29. The number of benzene rings is 1. The van der Waals surface area contributed by atoms with Crippen LogP contribution >= 0.6 is 11.8 Å². The number of nitrogens with zero attached hydrogens (tertiary/aromatic N) is 2. The Morgan fingerprint density at radius 1 is 1.23 bits per heavy atom. The summed E-state index contributed by atoms with van der Waals surface area (Å²) in [6.07, 6.45) is 7.88. The maximum Gasteiger partial charge on any atom is 0.254 e. The van der Waals surface area contributed by atoms with Gasteiger partial charge in [-0.1, -0.05) is 44.4 Å². The van der Waals surface area contributed by atoms with Crippen molar-refractivity contribution in [3.63, 3.8) is 0 Å². The molecule has 1 unspecified atom stereocenters. The van der Waals surface area contributed by atoms with Crippen molar-refractivity contribution in [1.82, 2.24) is 0 Å². The number of carbonyl (C=O) groups excluding carboxylic acids is 1. The largest absolute Gasteiger partial charge is 0.472 e. The second-order valence-corrected chi connectivity index (χ2v) is 8.43. The Kier molecular flexibility index (Phi) is 7.92. The molecule has 0 aliphatic carbocycles. The van der Waals surface area contributed by atoms with Crippen LogP contribution in [0.25, 0.3) is 0 Å². The zero-order valence-electron chi connectivity index (χ0n) is 17.4. The van der Waals surface area contributed by atoms with Crippen LogP contribution in [-0.4, -0.2) is 16.7 Å². The van der Waals surface area contributed by atoms with E-state index in [4.69, 9.17) is 9.41 Å². The number of anilines is 1. The molecule has 1 aliphatic heterocycles. The Balaban J connectivity index is 1.89. The smallest absolute Gasteiger partial charge is 0.254 e. The lowest BCUT2D eigenvalue weighted by atomic mass is 9.79. The molecule has 1 aromatic heterocycles. The van der Waals surface area contributed by atoms with Crippen LogP contribution in [0.15, 0.2) is 69.6 Å². The predicted octanol–water partition coefficient (Wildman–Crippen LogP) is 6.14. The Bertz CT molecular complexity index is 943. The van der Waals surface area contributed by atoms with E-state index in [-0.39, 0.29) is 5.91 Å². The van der Waals surface area contributed by atoms with Gasteiger partial charge in [-0.15, -0.1) is 11.8 Å². The molecule has 30 heavy (non-hydrogen) atoms. The van der Waals surface area contributed by atoms with Crippen LogP contribution in [-0.2, 0) is 4.79 Å². The summed E-state index contributed by atoms with van der Waals surface area (Å²) in [5.41, 5.74) is 2.69. The van der Waals surface area contributed by atoms with Crippen LogP contribution in [0.3, 0.4) is 0 Å². The molecule has 1 N–H and O–H groups in total. The maximum absolute atomic E-state index is 13.2. The minimum absolute atomic E-state index is 0.235. The first kappa shape index (κ1) is 21.9. The van der Waals surface area contributed by atoms with Gasteiger partial charge in [0.2, 0.25) is 0 Å². The number of nitrogens with one attached hydrogen (secondary N) is 1. The number of aliphatic imine (C=N–C) groups is 1. The fourth-order valence-corrected chi connectivity index (χ4v) is 4.75. The Labute approximate surface area is 182 Å². The van der Waals surface area contributed by atoms with E-state index in [0.717, 1.165) is 22.8 Å². The number of rotatable bonds is 8. The van der Waals surface area contributed by atoms with E-state index in [1.165, 1.54) is 19.3 Å². The van der Waals surface area contributed by atoms with Gasteiger partial charge in [0.05, 0.1) is 23.6 Å². The zero-order chi connectivity index (χ0) is 21.3. The summed E-state index contributed by atoms with van der Waals surface area (Å²) >= 11 is 1.63. The van der Waals surface area contributed by atoms with Crippen molar-refractivity contribution >= 4 is 28.4 Å². The second-order valence-electron chi connectivity index (χ2n) is 7.32. The molecule has 3 rings (SSSR count). The van der Waals surface area contributed by atoms with Crippen LogP contribution in [0.2, 0.25) is 0 Å². The number of hydrogen-bond acceptors (Lipinski definition) is 5. The summed E-state index contributed by atoms with van der Waals surface area (Å²) in [7, 11) is 0. The van der Waals surface area contributed by atoms with Crippen molar-refractivity contribution in [3.8, 4) is 6.07 Å². The Morgan fingerprint density at radius 2 is 2.03 bits per heavy atom. The van der Waals surface area contributed by atoms with Crippen LogP contribution < -0.4 is 5.32 Å². The van der Waals surface area contributed by atoms with E-state index < -0.39 is 11.8 Å². The number of para-hydroxylation sites is 1. The maximum atomic E-state index is 13.2. The van der Waals surface area contributed by atoms with E-state index >= 15 is 0 Å². The van der Waals surface area contributed by atoms with E-state index in [1.807, 2.05) is 43.3 Å². The van der Waals surface area contributed by atoms with E-state index in [2.05, 4.69) is 18.3 Å². The molecular weight excluding hydrogens is 394 g/mol. The van der Waals surface area contributed by atoms with Gasteiger partial charge >= 0.3 is 0 Å². The SMILES string of the molecule is CCCCCCSC1=NC(C)=C(C(=O)Nc2ccccc2)[C@@H](c2ccoc2)C1C#N. The van der Waals surface area contributed by atoms with Gasteiger partial charge in [0, 0.05) is 22.9 Å². The molecule has 5 nitrogen and oxygen atoms in total. The molecule has 2 heterocycles. The topological polar surface area (TPSA) is 78.4 Å². The first-order valence-electron chi connectivity index (χ1n) is 10.4. The van der Waals surface area contributed by atoms with Crippen LogP contribution in [0.5, 0.6) is 0 Å². The third-order valence-electron chi connectivity index (χ3n) is 5.14. The number of nitriles is 1. The van der Waals surface area contributed by atoms with Gasteiger partial charge in [-0.3, -0.25) is 4.79 Å². The van der Waals surface area contributed by atoms with Gasteiger partial charge in [-0.25, -0.2) is 4.99 Å². The van der Waals surface area contributed by atoms with Gasteiger partial charge < -0.3 is 9.73 Å². The molecule has 1 aromatic carbocycles. The van der Waals surface area contributed by atoms with Crippen molar-refractivity contribution in [3.05, 3.63) is 65.8 Å². The number of hydrogen-bond donors (Lipinski definition) is 1. The van der Waals surface area contributed by atoms with Crippen molar-refractivity contribution in [2.45, 2.75) is 45.4 Å². The summed E-state index contributed by atoms with van der Waals surface area (Å²) in [6, 6.07) is 13.5. The fraction of sp³-hybridized carbons (Fsp3) is 0.375. The number of furan rings is 1. The molecule has 0 fully saturated rings. The molecule has 0 saturated carbocycles. The monoisotopic (exact) mass is 421 g/mol. The number of unbranched alkanes of at least 4 members (excludes halogenated alkanes) is 3. The summed E-state index contributed by atoms with van der Waals surface area (Å²) < 4.78 is 5.29. The third kappa shape index (κ3) is 5.22. The molecule has 156 valence electrons. The van der Waals surface area contributed by atoms with Gasteiger partial charge in [0.1, 0.15) is 5.92 Å². The number of amides is 1. The van der Waals surface area contributed by atoms with Crippen molar-refractivity contribution in [2.24, 2.45) is 10.9 Å². The van der Waals surface area contributed by atoms with Crippen LogP contribution in [0.1, 0.15) is 51.0 Å². The molecule has 2 atom stereocenters. The quantitative estimate of drug-likeness (QED) is 0.519. The highest BCUT2D eigenvalue weighted by atomic mass is 32.2. The van der Waals surface area contributed by atoms with E-state index in [9.17, 15) is 10.1 Å². The fourth-order valence-electron chi connectivity index (χ4n) is 3.62. The lowest BCUT2D eigenvalue weighted by Crippen LogP contribution is -2.31. The summed E-state index contributed by atoms with van der Waals surface area (Å²) in [5.74, 6) is -0.235. The van der Waals surface area contributed by atoms with Crippen LogP contribution in [0.4, 0.5) is 5.69 Å². The average molecular weight is 422 g/mol. The van der Waals surface area contributed by atoms with Crippen molar-refractivity contribution in [1.29, 1.82) is 5.26 Å². The third-order valence-corrected chi connectivity index (χ3v) is 6.28. The highest BCUT2D eigenvalue weighted by Crippen LogP contribution is 2.41. The van der Waals surface area contributed by atoms with Crippen LogP contribution in [0, 0.1) is 17.2 Å². The Morgan fingerprint density at radius 3 is 2.70 bits per heavy atom. The average Bonchev–Trinajstić information content (AvgIpc) is 3.28. The van der Waals surface area contributed by atoms with E-state index in [1.54, 1.807) is 24.3 Å². The number of carbonyl (C=O) groups is 1. The molecule has 0 radical (unpaired) electrons. The minimum atomic E-state index is -0.515. The molecule has 2 aromatic rings. The van der Waals surface area contributed by atoms with Gasteiger partial charge in [-0.2, -0.15) is 5.26 Å². The number of thioether (sulfide) groups is 1. The highest BCUT2D eigenvalue weighted by Gasteiger charge is 2.39. The molecule has 6 heteroatoms. The number of allylic oxidation sites excluding steroid dienone is 1. The lowest BCUT2D eigenvalue weighted by molar-refractivity contribution is -0.113. The standard InChI is InChI=1S/C24H27N3O2S/c1-3-4-5-9-14-30-24-20(15-25)22(18-12-13-29-16-18)21(17(2)26-24)23(28)27-19-10-7-6-8-11-19/h6-8,10-13,16,20,22H,3-5,9,14H2,1-2H3,(H,27,28)/t20?,22-/m0/s1. The second kappa shape index (κ2) is 10.8. The Hall–Kier alpha value is -2.78. The van der Waals surface area contributed by atoms with Gasteiger partial charge in [0.25, 0.3) is 5.91 Å². The molecule has 0 saturated heterocycles. The summed E-state index contributed by atoms with van der Waals surface area (Å²) in [6.45, 7) is 4.04. The molecule has 0 spiro atoms. The molecule has 0 bridgehead atoms. The van der Waals surface area contributed by atoms with Crippen molar-refractivity contribution in [2.75, 3.05) is 11.1 Å². The zero-order valence-corrected chi connectivity index (χ0v) is 18.2. The van der Waals surface area contributed by atoms with E-state index in [0.29, 0.717) is 17.0 Å². The first-order chi connectivity index (χ1) is 14.7. The highest BCUT2D eigenvalue weighted by molar-refractivity contribution is 8.14. The normalized spacial score (nSPS) is 18.6. The van der Waals surface area contributed by atoms with Gasteiger partial charge in [0.15, 0.2) is 0 Å². The molecule has 1 aliphatic rings. The molecular formula is C24H27N3O2S. The minimum Gasteiger partial charge on any atom is -0.472 e. The van der Waals surface area contributed by atoms with Crippen molar-refractivity contribution < 1.29 is 9.21 Å².